The van der Waals surface area contributed by atoms with Crippen LogP contribution in [0.1, 0.15) is 116 Å². The summed E-state index contributed by atoms with van der Waals surface area (Å²) in [7, 11) is 0. The number of likely N-dealkylation sites (tertiary alicyclic amines) is 1. The van der Waals surface area contributed by atoms with Crippen molar-refractivity contribution in [3.05, 3.63) is 104 Å². The number of thioether (sulfide) groups is 1. The van der Waals surface area contributed by atoms with Gasteiger partial charge in [-0.2, -0.15) is 11.8 Å². The highest BCUT2D eigenvalue weighted by Crippen LogP contribution is 2.42. The summed E-state index contributed by atoms with van der Waals surface area (Å²) in [6, 6.07) is 12.7. The number of alkyl halides is 1. The SMILES string of the molecule is Cc1ncsc1-c1ccc(CNC(=O)[C@@H]2C[C@@H](O)CN2C(=O)[C@@H](NC(=O)C2(F)CC2)C(C)(C)SCCCCCCNC(=O)C[C@@H]2N=C(c3ccc(Cl)cc3)c3c(sc(C)c3C)-n3c(C)nnc32)cc1. The molecule has 4 N–H and O–H groups in total. The lowest BCUT2D eigenvalue weighted by Gasteiger charge is -2.37. The Bertz CT molecular complexity index is 2730. The van der Waals surface area contributed by atoms with E-state index in [1.165, 1.54) is 21.5 Å². The number of nitrogens with one attached hydrogen (secondary N) is 3. The van der Waals surface area contributed by atoms with E-state index in [0.717, 1.165) is 80.6 Å². The van der Waals surface area contributed by atoms with Crippen LogP contribution in [0.15, 0.2) is 59.0 Å². The third-order valence-electron chi connectivity index (χ3n) is 13.2. The number of aliphatic imine (C=N–C) groups is 1. The van der Waals surface area contributed by atoms with Crippen LogP contribution < -0.4 is 16.0 Å². The highest BCUT2D eigenvalue weighted by atomic mass is 35.5. The number of amides is 4. The Morgan fingerprint density at radius 1 is 0.971 bits per heavy atom. The lowest BCUT2D eigenvalue weighted by Crippen LogP contribution is -2.61. The number of thiophene rings is 1. The Balaban J connectivity index is 0.832. The number of aliphatic hydroxyl groups is 1. The number of carbonyl (C=O) groups excluding carboxylic acids is 4. The molecule has 1 saturated heterocycles. The van der Waals surface area contributed by atoms with Crippen LogP contribution in [0.25, 0.3) is 15.4 Å². The average Bonchev–Trinajstić information content (AvgIpc) is 3.56. The summed E-state index contributed by atoms with van der Waals surface area (Å²) >= 11 is 11.0. The van der Waals surface area contributed by atoms with Gasteiger partial charge in [-0.1, -0.05) is 60.8 Å². The number of rotatable bonds is 19. The van der Waals surface area contributed by atoms with Crippen LogP contribution in [0.2, 0.25) is 5.02 Å². The maximum Gasteiger partial charge on any atom is 0.258 e. The molecule has 0 unspecified atom stereocenters. The summed E-state index contributed by atoms with van der Waals surface area (Å²) in [6.07, 6.45) is 2.62. The Hall–Kier alpha value is -5.01. The fraction of sp³-hybridized carbons (Fsp3) is 0.480. The van der Waals surface area contributed by atoms with Crippen molar-refractivity contribution in [2.75, 3.05) is 18.8 Å². The molecule has 0 spiro atoms. The summed E-state index contributed by atoms with van der Waals surface area (Å²) in [5.74, 6) is 0.0698. The van der Waals surface area contributed by atoms with Crippen LogP contribution in [0.4, 0.5) is 4.39 Å². The first kappa shape index (κ1) is 50.4. The highest BCUT2D eigenvalue weighted by Gasteiger charge is 2.54. The molecule has 19 heteroatoms. The number of β-amino-alcohol motifs (C(OH)–C–C–N with tert-alkyl or cyclic N) is 1. The monoisotopic (exact) mass is 1020 g/mol. The number of benzene rings is 2. The smallest absolute Gasteiger partial charge is 0.258 e. The van der Waals surface area contributed by atoms with Crippen LogP contribution in [-0.2, 0) is 25.7 Å². The van der Waals surface area contributed by atoms with Gasteiger partial charge >= 0.3 is 0 Å². The number of nitrogens with zero attached hydrogens (tertiary/aromatic N) is 6. The van der Waals surface area contributed by atoms with Gasteiger partial charge < -0.3 is 26.0 Å². The zero-order chi connectivity index (χ0) is 49.2. The third kappa shape index (κ3) is 11.3. The number of halogens is 2. The quantitative estimate of drug-likeness (QED) is 0.0595. The molecule has 69 heavy (non-hydrogen) atoms. The lowest BCUT2D eigenvalue weighted by molar-refractivity contribution is -0.143. The molecular formula is C50H59ClFN9O5S3. The zero-order valence-electron chi connectivity index (χ0n) is 39.7. The van der Waals surface area contributed by atoms with Crippen molar-refractivity contribution in [3.63, 3.8) is 0 Å². The lowest BCUT2D eigenvalue weighted by atomic mass is 9.99. The molecule has 3 aliphatic rings. The van der Waals surface area contributed by atoms with Gasteiger partial charge in [-0.25, -0.2) is 9.37 Å². The second-order valence-corrected chi connectivity index (χ2v) is 23.0. The van der Waals surface area contributed by atoms with Gasteiger partial charge in [0, 0.05) is 51.8 Å². The van der Waals surface area contributed by atoms with Gasteiger partial charge in [-0.15, -0.1) is 32.9 Å². The predicted molar refractivity (Wildman–Crippen MR) is 271 cm³/mol. The van der Waals surface area contributed by atoms with Crippen LogP contribution in [0.3, 0.4) is 0 Å². The first-order valence-electron chi connectivity index (χ1n) is 23.5. The number of hydrogen-bond acceptors (Lipinski definition) is 12. The predicted octanol–water partition coefficient (Wildman–Crippen LogP) is 8.08. The maximum atomic E-state index is 15.1. The van der Waals surface area contributed by atoms with E-state index in [2.05, 4.69) is 45.0 Å². The van der Waals surface area contributed by atoms with Gasteiger partial charge in [-0.3, -0.25) is 28.7 Å². The minimum atomic E-state index is -2.02. The van der Waals surface area contributed by atoms with Crippen molar-refractivity contribution >= 4 is 75.4 Å². The number of fused-ring (bicyclic) bond motifs is 3. The molecule has 5 aromatic rings. The minimum absolute atomic E-state index is 0.0426. The number of hydrogen-bond donors (Lipinski definition) is 4. The van der Waals surface area contributed by atoms with E-state index in [9.17, 15) is 24.3 Å². The number of thiazole rings is 1. The van der Waals surface area contributed by atoms with Crippen molar-refractivity contribution in [1.29, 1.82) is 0 Å². The fourth-order valence-corrected chi connectivity index (χ4v) is 12.2. The van der Waals surface area contributed by atoms with Crippen molar-refractivity contribution in [2.24, 2.45) is 4.99 Å². The van der Waals surface area contributed by atoms with Crippen molar-refractivity contribution in [2.45, 2.75) is 134 Å². The molecule has 1 aliphatic carbocycles. The van der Waals surface area contributed by atoms with Crippen molar-refractivity contribution < 1.29 is 28.7 Å². The van der Waals surface area contributed by atoms with E-state index in [4.69, 9.17) is 16.6 Å². The summed E-state index contributed by atoms with van der Waals surface area (Å²) in [5.41, 5.74) is 6.45. The Labute approximate surface area is 419 Å². The number of unbranched alkanes of at least 4 members (excludes halogenated alkanes) is 3. The first-order chi connectivity index (χ1) is 32.9. The van der Waals surface area contributed by atoms with Gasteiger partial charge in [0.2, 0.25) is 17.7 Å². The number of aryl methyl sites for hydroxylation is 3. The molecule has 4 amide bonds. The van der Waals surface area contributed by atoms with E-state index in [-0.39, 0.29) is 44.7 Å². The first-order valence-corrected chi connectivity index (χ1v) is 26.5. The Kier molecular flexibility index (Phi) is 15.4. The van der Waals surface area contributed by atoms with Gasteiger partial charge in [-0.05, 0) is 102 Å². The van der Waals surface area contributed by atoms with Crippen molar-refractivity contribution in [1.82, 2.24) is 40.6 Å². The average molecular weight is 1020 g/mol. The number of aliphatic hydroxyl groups excluding tert-OH is 1. The fourth-order valence-electron chi connectivity index (χ4n) is 8.87. The molecule has 2 aliphatic heterocycles. The summed E-state index contributed by atoms with van der Waals surface area (Å²) in [6.45, 7) is 12.4. The second kappa shape index (κ2) is 21.1. The minimum Gasteiger partial charge on any atom is -0.391 e. The van der Waals surface area contributed by atoms with Crippen LogP contribution in [-0.4, -0.2) is 107 Å². The van der Waals surface area contributed by atoms with Gasteiger partial charge in [0.05, 0.1) is 34.3 Å². The van der Waals surface area contributed by atoms with Crippen LogP contribution in [0, 0.1) is 27.7 Å². The second-order valence-electron chi connectivity index (χ2n) is 18.8. The number of carbonyl (C=O) groups is 4. The molecule has 2 fully saturated rings. The Morgan fingerprint density at radius 2 is 1.68 bits per heavy atom. The molecule has 8 rings (SSSR count). The normalized spacial score (nSPS) is 18.7. The van der Waals surface area contributed by atoms with Gasteiger partial charge in [0.1, 0.15) is 29.0 Å². The highest BCUT2D eigenvalue weighted by molar-refractivity contribution is 8.00. The topological polar surface area (TPSA) is 184 Å². The molecule has 0 bridgehead atoms. The molecule has 366 valence electrons. The zero-order valence-corrected chi connectivity index (χ0v) is 42.9. The maximum absolute atomic E-state index is 15.1. The van der Waals surface area contributed by atoms with E-state index < -0.39 is 52.4 Å². The molecule has 3 aromatic heterocycles. The third-order valence-corrected chi connectivity index (χ3v) is 17.1. The molecule has 5 heterocycles. The molecule has 14 nitrogen and oxygen atoms in total. The van der Waals surface area contributed by atoms with E-state index in [1.807, 2.05) is 80.8 Å². The van der Waals surface area contributed by atoms with E-state index in [0.29, 0.717) is 23.1 Å². The number of aromatic nitrogens is 4. The summed E-state index contributed by atoms with van der Waals surface area (Å²) in [5, 5.41) is 30.0. The Morgan fingerprint density at radius 3 is 2.38 bits per heavy atom. The van der Waals surface area contributed by atoms with Crippen LogP contribution >= 0.6 is 46.0 Å². The van der Waals surface area contributed by atoms with E-state index in [1.54, 1.807) is 28.2 Å². The largest absolute Gasteiger partial charge is 0.391 e. The van der Waals surface area contributed by atoms with Crippen molar-refractivity contribution in [3.8, 4) is 15.4 Å². The standard InChI is InChI=1S/C50H59ClFN9O5S3/c1-28-30(3)69-47-40(28)41(33-15-17-35(51)18-16-33)56-37(44-59-58-31(4)61(44)47)24-39(63)53-21-9-7-8-10-22-68-49(5,6)43(57-48(66)50(52)19-20-50)46(65)60-26-36(62)23-38(60)45(64)54-25-32-11-13-34(14-12-32)42-29(2)55-27-67-42/h11-18,27,36-38,43,62H,7-10,19-26H2,1-6H3,(H,53,63)(H,54,64)(H,57,66)/t36-,37+,38+,43-/m1/s1. The van der Waals surface area contributed by atoms with Crippen LogP contribution in [0.5, 0.6) is 0 Å². The molecule has 0 radical (unpaired) electrons. The van der Waals surface area contributed by atoms with Gasteiger partial charge in [0.15, 0.2) is 11.5 Å². The summed E-state index contributed by atoms with van der Waals surface area (Å²) < 4.78 is 16.2. The molecule has 1 saturated carbocycles. The van der Waals surface area contributed by atoms with E-state index >= 15 is 4.39 Å². The molecule has 2 aromatic carbocycles. The van der Waals surface area contributed by atoms with Gasteiger partial charge in [0.25, 0.3) is 5.91 Å². The molecule has 4 atom stereocenters. The summed E-state index contributed by atoms with van der Waals surface area (Å²) in [4.78, 5) is 67.9. The molecular weight excluding hydrogens is 957 g/mol.